The molecule has 0 saturated heterocycles. The Bertz CT molecular complexity index is 1010. The van der Waals surface area contributed by atoms with Crippen LogP contribution in [0.15, 0.2) is 30.3 Å². The summed E-state index contributed by atoms with van der Waals surface area (Å²) in [6.45, 7) is -0.0360. The molecule has 0 aliphatic carbocycles. The summed E-state index contributed by atoms with van der Waals surface area (Å²) in [5.41, 5.74) is 1.42. The van der Waals surface area contributed by atoms with Gasteiger partial charge in [0.25, 0.3) is 0 Å². The van der Waals surface area contributed by atoms with Gasteiger partial charge in [0.1, 0.15) is 6.61 Å². The third-order valence-corrected chi connectivity index (χ3v) is 4.39. The molecule has 2 N–H and O–H groups in total. The van der Waals surface area contributed by atoms with Crippen LogP contribution in [0.25, 0.3) is 0 Å². The highest BCUT2D eigenvalue weighted by molar-refractivity contribution is 7.92. The Morgan fingerprint density at radius 2 is 1.81 bits per heavy atom. The Morgan fingerprint density at radius 1 is 1.19 bits per heavy atom. The zero-order valence-corrected chi connectivity index (χ0v) is 16.3. The zero-order chi connectivity index (χ0) is 20.2. The second-order valence-corrected chi connectivity index (χ2v) is 8.22. The van der Waals surface area contributed by atoms with Crippen LogP contribution < -0.4 is 9.46 Å². The minimum absolute atomic E-state index is 0.0360. The lowest BCUT2D eigenvalue weighted by atomic mass is 10.1. The number of carboxylic acid groups (broad SMARTS) is 1. The van der Waals surface area contributed by atoms with Crippen LogP contribution in [0.1, 0.15) is 16.7 Å². The van der Waals surface area contributed by atoms with Crippen molar-refractivity contribution in [1.82, 2.24) is 0 Å². The Hall–Kier alpha value is -2.47. The molecule has 0 unspecified atom stereocenters. The molecule has 0 aliphatic rings. The molecule has 142 valence electrons. The molecule has 2 aromatic rings. The van der Waals surface area contributed by atoms with Gasteiger partial charge in [-0.1, -0.05) is 23.2 Å². The van der Waals surface area contributed by atoms with E-state index in [4.69, 9.17) is 38.3 Å². The molecule has 0 fully saturated rings. The number of rotatable bonds is 7. The van der Waals surface area contributed by atoms with Gasteiger partial charge < -0.3 is 9.84 Å². The first-order chi connectivity index (χ1) is 12.6. The van der Waals surface area contributed by atoms with Gasteiger partial charge in [0.2, 0.25) is 10.0 Å². The van der Waals surface area contributed by atoms with Crippen LogP contribution in [0, 0.1) is 11.3 Å². The lowest BCUT2D eigenvalue weighted by molar-refractivity contribution is -0.136. The summed E-state index contributed by atoms with van der Waals surface area (Å²) < 4.78 is 30.7. The number of sulfonamides is 1. The summed E-state index contributed by atoms with van der Waals surface area (Å²) in [6.07, 6.45) is 0.769. The highest BCUT2D eigenvalue weighted by Crippen LogP contribution is 2.35. The number of benzene rings is 2. The first kappa shape index (κ1) is 20.8. The number of ether oxygens (including phenoxy) is 1. The van der Waals surface area contributed by atoms with E-state index in [0.29, 0.717) is 11.1 Å². The average Bonchev–Trinajstić information content (AvgIpc) is 2.51. The van der Waals surface area contributed by atoms with Crippen molar-refractivity contribution in [3.05, 3.63) is 57.1 Å². The molecule has 0 spiro atoms. The monoisotopic (exact) mass is 428 g/mol. The fourth-order valence-electron chi connectivity index (χ4n) is 2.30. The first-order valence-electron chi connectivity index (χ1n) is 7.42. The van der Waals surface area contributed by atoms with Gasteiger partial charge in [0, 0.05) is 0 Å². The van der Waals surface area contributed by atoms with Crippen molar-refractivity contribution in [2.24, 2.45) is 0 Å². The summed E-state index contributed by atoms with van der Waals surface area (Å²) in [7, 11) is -3.50. The Kier molecular flexibility index (Phi) is 6.54. The summed E-state index contributed by atoms with van der Waals surface area (Å²) in [4.78, 5) is 10.8. The lowest BCUT2D eigenvalue weighted by Gasteiger charge is -2.13. The predicted molar refractivity (Wildman–Crippen MR) is 102 cm³/mol. The van der Waals surface area contributed by atoms with Crippen LogP contribution in [-0.2, 0) is 27.8 Å². The molecule has 0 bridgehead atoms. The molecule has 0 amide bonds. The van der Waals surface area contributed by atoms with E-state index in [1.807, 2.05) is 6.07 Å². The van der Waals surface area contributed by atoms with E-state index < -0.39 is 16.0 Å². The zero-order valence-electron chi connectivity index (χ0n) is 14.0. The number of nitriles is 1. The smallest absolute Gasteiger partial charge is 0.307 e. The van der Waals surface area contributed by atoms with Crippen molar-refractivity contribution in [3.63, 3.8) is 0 Å². The van der Waals surface area contributed by atoms with Crippen molar-refractivity contribution >= 4 is 44.9 Å². The molecule has 7 nitrogen and oxygen atoms in total. The van der Waals surface area contributed by atoms with Crippen LogP contribution in [0.5, 0.6) is 5.75 Å². The number of carboxylic acids is 1. The maximum Gasteiger partial charge on any atom is 0.307 e. The van der Waals surface area contributed by atoms with E-state index in [2.05, 4.69) is 4.72 Å². The van der Waals surface area contributed by atoms with Crippen LogP contribution in [-0.4, -0.2) is 25.7 Å². The summed E-state index contributed by atoms with van der Waals surface area (Å²) in [5, 5.41) is 18.2. The largest absolute Gasteiger partial charge is 0.486 e. The first-order valence-corrected chi connectivity index (χ1v) is 10.1. The van der Waals surface area contributed by atoms with Gasteiger partial charge in [-0.2, -0.15) is 5.26 Å². The van der Waals surface area contributed by atoms with Crippen LogP contribution in [0.3, 0.4) is 0 Å². The molecule has 0 saturated carbocycles. The molecule has 0 aliphatic heterocycles. The van der Waals surface area contributed by atoms with Gasteiger partial charge in [-0.15, -0.1) is 0 Å². The molecular formula is C17H14Cl2N2O5S. The van der Waals surface area contributed by atoms with Gasteiger partial charge in [-0.3, -0.25) is 9.52 Å². The topological polar surface area (TPSA) is 116 Å². The molecule has 27 heavy (non-hydrogen) atoms. The Morgan fingerprint density at radius 3 is 2.33 bits per heavy atom. The van der Waals surface area contributed by atoms with Crippen LogP contribution in [0.4, 0.5) is 5.69 Å². The van der Waals surface area contributed by atoms with E-state index in [0.717, 1.165) is 6.26 Å². The summed E-state index contributed by atoms with van der Waals surface area (Å²) in [5.74, 6) is -0.859. The van der Waals surface area contributed by atoms with Crippen LogP contribution in [0.2, 0.25) is 10.0 Å². The number of nitrogens with one attached hydrogen (secondary N) is 1. The van der Waals surface area contributed by atoms with Crippen molar-refractivity contribution < 1.29 is 23.1 Å². The van der Waals surface area contributed by atoms with Crippen molar-refractivity contribution in [3.8, 4) is 11.8 Å². The molecule has 0 aromatic heterocycles. The minimum Gasteiger partial charge on any atom is -0.486 e. The lowest BCUT2D eigenvalue weighted by Crippen LogP contribution is -2.10. The molecular weight excluding hydrogens is 415 g/mol. The van der Waals surface area contributed by atoms with E-state index in [9.17, 15) is 13.2 Å². The SMILES string of the molecule is CS(=O)(=O)Nc1cc(C#N)cc(COc2c(Cl)cc(CC(=O)O)cc2Cl)c1. The second-order valence-electron chi connectivity index (χ2n) is 5.65. The molecule has 0 atom stereocenters. The highest BCUT2D eigenvalue weighted by Gasteiger charge is 2.13. The van der Waals surface area contributed by atoms with Gasteiger partial charge in [0.15, 0.2) is 5.75 Å². The summed E-state index contributed by atoms with van der Waals surface area (Å²) in [6, 6.07) is 9.28. The predicted octanol–water partition coefficient (Wildman–Crippen LogP) is 3.44. The van der Waals surface area contributed by atoms with Gasteiger partial charge >= 0.3 is 5.97 Å². The van der Waals surface area contributed by atoms with E-state index in [-0.39, 0.29) is 40.1 Å². The van der Waals surface area contributed by atoms with E-state index in [1.54, 1.807) is 0 Å². The molecule has 0 heterocycles. The minimum atomic E-state index is -3.50. The molecule has 10 heteroatoms. The number of halogens is 2. The van der Waals surface area contributed by atoms with Crippen LogP contribution >= 0.6 is 23.2 Å². The molecule has 2 rings (SSSR count). The normalized spacial score (nSPS) is 10.9. The van der Waals surface area contributed by atoms with E-state index >= 15 is 0 Å². The van der Waals surface area contributed by atoms with Gasteiger partial charge in [-0.25, -0.2) is 8.42 Å². The molecule has 0 radical (unpaired) electrons. The fourth-order valence-corrected chi connectivity index (χ4v) is 3.48. The molecule has 2 aromatic carbocycles. The average molecular weight is 429 g/mol. The highest BCUT2D eigenvalue weighted by atomic mass is 35.5. The number of hydrogen-bond donors (Lipinski definition) is 2. The second kappa shape index (κ2) is 8.48. The Labute approximate surface area is 166 Å². The third-order valence-electron chi connectivity index (χ3n) is 3.22. The Balaban J connectivity index is 2.25. The number of hydrogen-bond acceptors (Lipinski definition) is 5. The number of anilines is 1. The maximum atomic E-state index is 11.4. The number of nitrogens with zero attached hydrogens (tertiary/aromatic N) is 1. The van der Waals surface area contributed by atoms with Crippen molar-refractivity contribution in [2.75, 3.05) is 11.0 Å². The number of carbonyl (C=O) groups is 1. The van der Waals surface area contributed by atoms with E-state index in [1.165, 1.54) is 30.3 Å². The van der Waals surface area contributed by atoms with Crippen molar-refractivity contribution in [1.29, 1.82) is 5.26 Å². The fraction of sp³-hybridized carbons (Fsp3) is 0.176. The maximum absolute atomic E-state index is 11.4. The quantitative estimate of drug-likeness (QED) is 0.697. The third kappa shape index (κ3) is 6.32. The summed E-state index contributed by atoms with van der Waals surface area (Å²) >= 11 is 12.2. The standard InChI is InChI=1S/C17H14Cl2N2O5S/c1-27(24,25)21-13-3-11(8-20)2-12(4-13)9-26-17-14(18)5-10(6-15(17)19)7-16(22)23/h2-6,21H,7,9H2,1H3,(H,22,23). The van der Waals surface area contributed by atoms with Crippen molar-refractivity contribution in [2.45, 2.75) is 13.0 Å². The van der Waals surface area contributed by atoms with Gasteiger partial charge in [0.05, 0.1) is 40.0 Å². The van der Waals surface area contributed by atoms with Gasteiger partial charge in [-0.05, 0) is 41.5 Å². The number of aliphatic carboxylic acids is 1.